The summed E-state index contributed by atoms with van der Waals surface area (Å²) in [6.07, 6.45) is 6.58. The summed E-state index contributed by atoms with van der Waals surface area (Å²) in [5.74, 6) is 0. The first-order valence-corrected chi connectivity index (χ1v) is 6.48. The Morgan fingerprint density at radius 2 is 1.94 bits per heavy atom. The van der Waals surface area contributed by atoms with Crippen molar-refractivity contribution in [1.29, 1.82) is 0 Å². The van der Waals surface area contributed by atoms with Gasteiger partial charge in [-0.15, -0.1) is 0 Å². The molecule has 0 saturated carbocycles. The van der Waals surface area contributed by atoms with E-state index in [-0.39, 0.29) is 5.41 Å². The number of unbranched alkanes of at least 4 members (excludes halogenated alkanes) is 3. The highest BCUT2D eigenvalue weighted by Gasteiger charge is 2.23. The van der Waals surface area contributed by atoms with E-state index in [2.05, 4.69) is 38.9 Å². The average molecular weight is 222 g/mol. The van der Waals surface area contributed by atoms with Gasteiger partial charge in [0.2, 0.25) is 0 Å². The van der Waals surface area contributed by atoms with Crippen LogP contribution in [0.3, 0.4) is 0 Å². The van der Waals surface area contributed by atoms with Gasteiger partial charge in [0, 0.05) is 18.2 Å². The van der Waals surface area contributed by atoms with E-state index in [9.17, 15) is 0 Å². The molecule has 1 aromatic rings. The Bertz CT molecular complexity index is 304. The number of hydrogen-bond donors (Lipinski definition) is 0. The largest absolute Gasteiger partial charge is 0.273 e. The second kappa shape index (κ2) is 5.51. The molecule has 0 amide bonds. The zero-order valence-electron chi connectivity index (χ0n) is 11.5. The van der Waals surface area contributed by atoms with Crippen molar-refractivity contribution < 1.29 is 0 Å². The lowest BCUT2D eigenvalue weighted by atomic mass is 9.83. The summed E-state index contributed by atoms with van der Waals surface area (Å²) in [5.41, 5.74) is 2.71. The van der Waals surface area contributed by atoms with E-state index in [1.165, 1.54) is 43.5 Å². The molecule has 2 nitrogen and oxygen atoms in total. The van der Waals surface area contributed by atoms with Crippen molar-refractivity contribution >= 4 is 0 Å². The van der Waals surface area contributed by atoms with Crippen molar-refractivity contribution in [1.82, 2.24) is 9.78 Å². The molecule has 16 heavy (non-hydrogen) atoms. The second-order valence-electron chi connectivity index (χ2n) is 5.49. The van der Waals surface area contributed by atoms with Gasteiger partial charge in [0.05, 0.1) is 5.69 Å². The van der Waals surface area contributed by atoms with Crippen LogP contribution in [0.4, 0.5) is 0 Å². The van der Waals surface area contributed by atoms with Crippen LogP contribution in [0.5, 0.6) is 0 Å². The average Bonchev–Trinajstić information content (AvgIpc) is 2.55. The molecule has 0 aromatic carbocycles. The summed E-state index contributed by atoms with van der Waals surface area (Å²) in [7, 11) is 2.02. The number of hydrogen-bond acceptors (Lipinski definition) is 1. The highest BCUT2D eigenvalue weighted by atomic mass is 15.3. The zero-order chi connectivity index (χ0) is 12.2. The van der Waals surface area contributed by atoms with E-state index in [0.29, 0.717) is 0 Å². The van der Waals surface area contributed by atoms with Crippen LogP contribution in [0.1, 0.15) is 64.3 Å². The van der Waals surface area contributed by atoms with E-state index >= 15 is 0 Å². The molecule has 92 valence electrons. The minimum atomic E-state index is 0.222. The number of aryl methyl sites for hydroxylation is 2. The molecule has 1 heterocycles. The third-order valence-corrected chi connectivity index (χ3v) is 3.46. The molecular weight excluding hydrogens is 196 g/mol. The Labute approximate surface area is 100 Å². The second-order valence-corrected chi connectivity index (χ2v) is 5.49. The highest BCUT2D eigenvalue weighted by Crippen LogP contribution is 2.28. The summed E-state index contributed by atoms with van der Waals surface area (Å²) >= 11 is 0. The predicted octanol–water partition coefficient (Wildman–Crippen LogP) is 3.98. The van der Waals surface area contributed by atoms with E-state index in [0.717, 1.165) is 0 Å². The Kier molecular flexibility index (Phi) is 4.57. The van der Waals surface area contributed by atoms with E-state index in [4.69, 9.17) is 0 Å². The maximum absolute atomic E-state index is 4.60. The first-order valence-electron chi connectivity index (χ1n) is 6.48. The lowest BCUT2D eigenvalue weighted by Crippen LogP contribution is -2.18. The molecule has 0 unspecified atom stereocenters. The standard InChI is InChI=1S/C14H26N2/c1-6-7-8-9-10-14(3,4)13-11-12(2)16(5)15-13/h11H,6-10H2,1-5H3. The minimum absolute atomic E-state index is 0.222. The highest BCUT2D eigenvalue weighted by molar-refractivity contribution is 5.17. The molecule has 0 radical (unpaired) electrons. The van der Waals surface area contributed by atoms with Crippen molar-refractivity contribution in [2.45, 2.75) is 65.2 Å². The van der Waals surface area contributed by atoms with Gasteiger partial charge in [-0.2, -0.15) is 5.10 Å². The maximum atomic E-state index is 4.60. The first-order chi connectivity index (χ1) is 7.47. The Balaban J connectivity index is 2.55. The molecule has 0 spiro atoms. The third-order valence-electron chi connectivity index (χ3n) is 3.46. The van der Waals surface area contributed by atoms with Gasteiger partial charge in [0.25, 0.3) is 0 Å². The lowest BCUT2D eigenvalue weighted by molar-refractivity contribution is 0.430. The third kappa shape index (κ3) is 3.36. The van der Waals surface area contributed by atoms with E-state index in [1.807, 2.05) is 11.7 Å². The van der Waals surface area contributed by atoms with Crippen molar-refractivity contribution in [2.75, 3.05) is 0 Å². The van der Waals surface area contributed by atoms with Crippen LogP contribution in [0.2, 0.25) is 0 Å². The summed E-state index contributed by atoms with van der Waals surface area (Å²) in [6, 6.07) is 2.22. The van der Waals surface area contributed by atoms with Gasteiger partial charge in [0.15, 0.2) is 0 Å². The van der Waals surface area contributed by atoms with Gasteiger partial charge in [-0.3, -0.25) is 4.68 Å². The molecule has 0 aliphatic rings. The summed E-state index contributed by atoms with van der Waals surface area (Å²) in [6.45, 7) is 8.98. The van der Waals surface area contributed by atoms with Crippen molar-refractivity contribution in [3.05, 3.63) is 17.5 Å². The van der Waals surface area contributed by atoms with Gasteiger partial charge < -0.3 is 0 Å². The van der Waals surface area contributed by atoms with E-state index in [1.54, 1.807) is 0 Å². The SMILES string of the molecule is CCCCCCC(C)(C)c1cc(C)n(C)n1. The fourth-order valence-corrected chi connectivity index (χ4v) is 2.01. The first kappa shape index (κ1) is 13.3. The van der Waals surface area contributed by atoms with Crippen LogP contribution in [-0.2, 0) is 12.5 Å². The molecule has 0 atom stereocenters. The maximum Gasteiger partial charge on any atom is 0.0683 e. The lowest BCUT2D eigenvalue weighted by Gasteiger charge is -2.22. The Hall–Kier alpha value is -0.790. The van der Waals surface area contributed by atoms with Gasteiger partial charge in [-0.05, 0) is 19.4 Å². The van der Waals surface area contributed by atoms with Crippen LogP contribution in [0, 0.1) is 6.92 Å². The monoisotopic (exact) mass is 222 g/mol. The van der Waals surface area contributed by atoms with Crippen molar-refractivity contribution in [3.63, 3.8) is 0 Å². The Morgan fingerprint density at radius 1 is 1.25 bits per heavy atom. The van der Waals surface area contributed by atoms with Crippen LogP contribution in [0.25, 0.3) is 0 Å². The normalized spacial score (nSPS) is 12.1. The molecular formula is C14H26N2. The molecule has 0 aliphatic heterocycles. The van der Waals surface area contributed by atoms with E-state index < -0.39 is 0 Å². The molecule has 0 N–H and O–H groups in total. The fourth-order valence-electron chi connectivity index (χ4n) is 2.01. The van der Waals surface area contributed by atoms with Crippen LogP contribution in [-0.4, -0.2) is 9.78 Å². The van der Waals surface area contributed by atoms with Crippen molar-refractivity contribution in [2.24, 2.45) is 7.05 Å². The van der Waals surface area contributed by atoms with Gasteiger partial charge in [-0.1, -0.05) is 46.5 Å². The smallest absolute Gasteiger partial charge is 0.0683 e. The summed E-state index contributed by atoms with van der Waals surface area (Å²) < 4.78 is 1.98. The molecule has 0 fully saturated rings. The molecule has 2 heteroatoms. The number of aromatic nitrogens is 2. The van der Waals surface area contributed by atoms with Crippen molar-refractivity contribution in [3.8, 4) is 0 Å². The number of rotatable bonds is 6. The summed E-state index contributed by atoms with van der Waals surface area (Å²) in [5, 5.41) is 4.60. The van der Waals surface area contributed by atoms with Crippen LogP contribution < -0.4 is 0 Å². The predicted molar refractivity (Wildman–Crippen MR) is 69.7 cm³/mol. The Morgan fingerprint density at radius 3 is 2.44 bits per heavy atom. The topological polar surface area (TPSA) is 17.8 Å². The molecule has 0 bridgehead atoms. The minimum Gasteiger partial charge on any atom is -0.273 e. The number of nitrogens with zero attached hydrogens (tertiary/aromatic N) is 2. The molecule has 1 aromatic heterocycles. The zero-order valence-corrected chi connectivity index (χ0v) is 11.5. The molecule has 1 rings (SSSR count). The molecule has 0 saturated heterocycles. The van der Waals surface area contributed by atoms with Gasteiger partial charge in [0.1, 0.15) is 0 Å². The van der Waals surface area contributed by atoms with Crippen LogP contribution in [0.15, 0.2) is 6.07 Å². The summed E-state index contributed by atoms with van der Waals surface area (Å²) in [4.78, 5) is 0. The quantitative estimate of drug-likeness (QED) is 0.666. The van der Waals surface area contributed by atoms with Crippen LogP contribution >= 0.6 is 0 Å². The van der Waals surface area contributed by atoms with Gasteiger partial charge in [-0.25, -0.2) is 0 Å². The molecule has 0 aliphatic carbocycles. The van der Waals surface area contributed by atoms with Gasteiger partial charge >= 0.3 is 0 Å². The fraction of sp³-hybridized carbons (Fsp3) is 0.786.